The Morgan fingerprint density at radius 1 is 1.33 bits per heavy atom. The van der Waals surface area contributed by atoms with Crippen molar-refractivity contribution in [1.82, 2.24) is 0 Å². The van der Waals surface area contributed by atoms with Crippen LogP contribution in [0.5, 0.6) is 0 Å². The second-order valence-electron chi connectivity index (χ2n) is 3.63. The first-order valence-corrected chi connectivity index (χ1v) is 5.70. The van der Waals surface area contributed by atoms with E-state index >= 15 is 0 Å². The Kier molecular flexibility index (Phi) is 5.32. The second kappa shape index (κ2) is 6.76. The van der Waals surface area contributed by atoms with Crippen LogP contribution in [0.2, 0.25) is 0 Å². The lowest BCUT2D eigenvalue weighted by Gasteiger charge is -2.13. The van der Waals surface area contributed by atoms with E-state index in [0.29, 0.717) is 11.3 Å². The molecule has 0 bridgehead atoms. The van der Waals surface area contributed by atoms with Crippen LogP contribution < -0.4 is 5.32 Å². The van der Waals surface area contributed by atoms with Crippen molar-refractivity contribution < 1.29 is 19.1 Å². The molecule has 5 nitrogen and oxygen atoms in total. The Morgan fingerprint density at radius 2 is 2.00 bits per heavy atom. The standard InChI is InChI=1S/C13H17NO4/c1-4-18-13(16)10-7-5-6-8-11(10)14-12(15)9(2)17-3/h5-9H,4H2,1-3H3,(H,14,15). The van der Waals surface area contributed by atoms with E-state index in [4.69, 9.17) is 9.47 Å². The maximum absolute atomic E-state index is 11.7. The fourth-order valence-electron chi connectivity index (χ4n) is 1.32. The summed E-state index contributed by atoms with van der Waals surface area (Å²) in [7, 11) is 1.45. The highest BCUT2D eigenvalue weighted by atomic mass is 16.5. The molecule has 1 N–H and O–H groups in total. The number of ether oxygens (including phenoxy) is 2. The highest BCUT2D eigenvalue weighted by Gasteiger charge is 2.16. The lowest BCUT2D eigenvalue weighted by atomic mass is 10.1. The van der Waals surface area contributed by atoms with Crippen LogP contribution >= 0.6 is 0 Å². The van der Waals surface area contributed by atoms with Crippen LogP contribution in [0.25, 0.3) is 0 Å². The van der Waals surface area contributed by atoms with E-state index in [9.17, 15) is 9.59 Å². The van der Waals surface area contributed by atoms with E-state index in [1.54, 1.807) is 38.1 Å². The number of carbonyl (C=O) groups excluding carboxylic acids is 2. The van der Waals surface area contributed by atoms with Crippen molar-refractivity contribution >= 4 is 17.6 Å². The minimum atomic E-state index is -0.583. The Morgan fingerprint density at radius 3 is 2.61 bits per heavy atom. The first-order valence-electron chi connectivity index (χ1n) is 5.70. The molecule has 0 aliphatic heterocycles. The molecule has 98 valence electrons. The fourth-order valence-corrected chi connectivity index (χ4v) is 1.32. The molecule has 0 aliphatic rings. The average molecular weight is 251 g/mol. The van der Waals surface area contributed by atoms with Gasteiger partial charge in [-0.05, 0) is 26.0 Å². The topological polar surface area (TPSA) is 64.6 Å². The van der Waals surface area contributed by atoms with Crippen molar-refractivity contribution in [3.63, 3.8) is 0 Å². The van der Waals surface area contributed by atoms with E-state index in [1.165, 1.54) is 7.11 Å². The lowest BCUT2D eigenvalue weighted by molar-refractivity contribution is -0.124. The molecule has 0 radical (unpaired) electrons. The third kappa shape index (κ3) is 3.56. The van der Waals surface area contributed by atoms with Gasteiger partial charge < -0.3 is 14.8 Å². The molecule has 0 fully saturated rings. The SMILES string of the molecule is CCOC(=O)c1ccccc1NC(=O)C(C)OC. The molecule has 1 atom stereocenters. The Hall–Kier alpha value is -1.88. The number of hydrogen-bond acceptors (Lipinski definition) is 4. The smallest absolute Gasteiger partial charge is 0.340 e. The minimum Gasteiger partial charge on any atom is -0.462 e. The molecule has 1 aromatic carbocycles. The zero-order valence-corrected chi connectivity index (χ0v) is 10.7. The monoisotopic (exact) mass is 251 g/mol. The van der Waals surface area contributed by atoms with Gasteiger partial charge >= 0.3 is 5.97 Å². The van der Waals surface area contributed by atoms with Gasteiger partial charge in [0.15, 0.2) is 0 Å². The van der Waals surface area contributed by atoms with Gasteiger partial charge in [-0.2, -0.15) is 0 Å². The maximum Gasteiger partial charge on any atom is 0.340 e. The fraction of sp³-hybridized carbons (Fsp3) is 0.385. The van der Waals surface area contributed by atoms with E-state index in [2.05, 4.69) is 5.32 Å². The Bertz CT molecular complexity index is 431. The number of benzene rings is 1. The molecule has 0 saturated heterocycles. The number of rotatable bonds is 5. The predicted octanol–water partition coefficient (Wildman–Crippen LogP) is 1.84. The van der Waals surface area contributed by atoms with Crippen LogP contribution in [-0.4, -0.2) is 31.7 Å². The molecule has 0 aromatic heterocycles. The number of nitrogens with one attached hydrogen (secondary N) is 1. The van der Waals surface area contributed by atoms with Crippen molar-refractivity contribution in [1.29, 1.82) is 0 Å². The molecular formula is C13H17NO4. The third-order valence-corrected chi connectivity index (χ3v) is 2.40. The molecule has 1 rings (SSSR count). The maximum atomic E-state index is 11.7. The van der Waals surface area contributed by atoms with Crippen LogP contribution in [0.4, 0.5) is 5.69 Å². The summed E-state index contributed by atoms with van der Waals surface area (Å²) in [6.45, 7) is 3.64. The van der Waals surface area contributed by atoms with Crippen molar-refractivity contribution in [3.05, 3.63) is 29.8 Å². The molecule has 5 heteroatoms. The van der Waals surface area contributed by atoms with Gasteiger partial charge in [0.25, 0.3) is 5.91 Å². The summed E-state index contributed by atoms with van der Waals surface area (Å²) >= 11 is 0. The first kappa shape index (κ1) is 14.2. The number of methoxy groups -OCH3 is 1. The summed E-state index contributed by atoms with van der Waals surface area (Å²) in [6.07, 6.45) is -0.583. The third-order valence-electron chi connectivity index (χ3n) is 2.40. The van der Waals surface area contributed by atoms with Crippen molar-refractivity contribution in [2.24, 2.45) is 0 Å². The minimum absolute atomic E-state index is 0.287. The lowest BCUT2D eigenvalue weighted by Crippen LogP contribution is -2.27. The van der Waals surface area contributed by atoms with Crippen molar-refractivity contribution in [2.45, 2.75) is 20.0 Å². The molecular weight excluding hydrogens is 234 g/mol. The van der Waals surface area contributed by atoms with E-state index in [-0.39, 0.29) is 12.5 Å². The Balaban J connectivity index is 2.89. The van der Waals surface area contributed by atoms with E-state index < -0.39 is 12.1 Å². The summed E-state index contributed by atoms with van der Waals surface area (Å²) < 4.78 is 9.82. The van der Waals surface area contributed by atoms with Gasteiger partial charge in [-0.15, -0.1) is 0 Å². The number of anilines is 1. The normalized spacial score (nSPS) is 11.7. The van der Waals surface area contributed by atoms with Crippen LogP contribution in [0.15, 0.2) is 24.3 Å². The van der Waals surface area contributed by atoms with Crippen LogP contribution in [0, 0.1) is 0 Å². The number of hydrogen-bond donors (Lipinski definition) is 1. The molecule has 0 heterocycles. The molecule has 0 spiro atoms. The van der Waals surface area contributed by atoms with Gasteiger partial charge in [0.05, 0.1) is 17.9 Å². The van der Waals surface area contributed by atoms with Crippen molar-refractivity contribution in [2.75, 3.05) is 19.0 Å². The molecule has 18 heavy (non-hydrogen) atoms. The van der Waals surface area contributed by atoms with Gasteiger partial charge in [-0.3, -0.25) is 4.79 Å². The summed E-state index contributed by atoms with van der Waals surface area (Å²) in [6, 6.07) is 6.69. The Labute approximate surface area is 106 Å². The molecule has 1 aromatic rings. The molecule has 1 amide bonds. The average Bonchev–Trinajstić information content (AvgIpc) is 2.38. The van der Waals surface area contributed by atoms with E-state index in [0.717, 1.165) is 0 Å². The number of para-hydroxylation sites is 1. The number of carbonyl (C=O) groups is 2. The van der Waals surface area contributed by atoms with Crippen LogP contribution in [0.1, 0.15) is 24.2 Å². The summed E-state index contributed by atoms with van der Waals surface area (Å²) in [5, 5.41) is 2.64. The highest BCUT2D eigenvalue weighted by molar-refractivity contribution is 6.02. The van der Waals surface area contributed by atoms with Crippen molar-refractivity contribution in [3.8, 4) is 0 Å². The summed E-state index contributed by atoms with van der Waals surface area (Å²) in [4.78, 5) is 23.4. The van der Waals surface area contributed by atoms with Crippen LogP contribution in [0.3, 0.4) is 0 Å². The first-order chi connectivity index (χ1) is 8.60. The van der Waals surface area contributed by atoms with Gasteiger partial charge in [0, 0.05) is 7.11 Å². The summed E-state index contributed by atoms with van der Waals surface area (Å²) in [5.74, 6) is -0.771. The number of amides is 1. The molecule has 1 unspecified atom stereocenters. The van der Waals surface area contributed by atoms with Gasteiger partial charge in [-0.25, -0.2) is 4.79 Å². The molecule has 0 saturated carbocycles. The van der Waals surface area contributed by atoms with Gasteiger partial charge in [0.1, 0.15) is 6.10 Å². The summed E-state index contributed by atoms with van der Waals surface area (Å²) in [5.41, 5.74) is 0.751. The predicted molar refractivity (Wildman–Crippen MR) is 67.5 cm³/mol. The van der Waals surface area contributed by atoms with Gasteiger partial charge in [-0.1, -0.05) is 12.1 Å². The van der Waals surface area contributed by atoms with E-state index in [1.807, 2.05) is 0 Å². The zero-order chi connectivity index (χ0) is 13.5. The zero-order valence-electron chi connectivity index (χ0n) is 10.7. The quantitative estimate of drug-likeness (QED) is 0.811. The number of esters is 1. The highest BCUT2D eigenvalue weighted by Crippen LogP contribution is 2.16. The molecule has 0 aliphatic carbocycles. The van der Waals surface area contributed by atoms with Gasteiger partial charge in [0.2, 0.25) is 0 Å². The van der Waals surface area contributed by atoms with Crippen LogP contribution in [-0.2, 0) is 14.3 Å². The largest absolute Gasteiger partial charge is 0.462 e. The second-order valence-corrected chi connectivity index (χ2v) is 3.63.